The second-order valence-electron chi connectivity index (χ2n) is 4.99. The largest absolute Gasteiger partial charge is 0.453 e. The molecule has 24 heavy (non-hydrogen) atoms. The van der Waals surface area contributed by atoms with E-state index in [2.05, 4.69) is 25.7 Å². The van der Waals surface area contributed by atoms with Crippen molar-refractivity contribution in [2.24, 2.45) is 0 Å². The van der Waals surface area contributed by atoms with Gasteiger partial charge in [0.15, 0.2) is 0 Å². The smallest absolute Gasteiger partial charge is 0.411 e. The number of methoxy groups -OCH3 is 1. The summed E-state index contributed by atoms with van der Waals surface area (Å²) in [6, 6.07) is 8.91. The monoisotopic (exact) mass is 328 g/mol. The highest BCUT2D eigenvalue weighted by Gasteiger charge is 2.07. The van der Waals surface area contributed by atoms with Crippen molar-refractivity contribution in [3.63, 3.8) is 0 Å². The summed E-state index contributed by atoms with van der Waals surface area (Å²) < 4.78 is 4.55. The number of aromatic nitrogens is 1. The number of anilines is 2. The van der Waals surface area contributed by atoms with Crippen LogP contribution in [-0.2, 0) is 11.3 Å². The maximum atomic E-state index is 12.2. The van der Waals surface area contributed by atoms with Crippen LogP contribution < -0.4 is 16.0 Å². The molecule has 1 aromatic carbocycles. The molecule has 3 N–H and O–H groups in total. The van der Waals surface area contributed by atoms with E-state index in [1.165, 1.54) is 13.3 Å². The number of amides is 2. The van der Waals surface area contributed by atoms with E-state index in [4.69, 9.17) is 0 Å². The highest BCUT2D eigenvalue weighted by molar-refractivity contribution is 5.94. The van der Waals surface area contributed by atoms with E-state index in [9.17, 15) is 9.59 Å². The fourth-order valence-corrected chi connectivity index (χ4v) is 2.08. The number of hydrogen-bond acceptors (Lipinski definition) is 5. The lowest BCUT2D eigenvalue weighted by molar-refractivity contribution is 0.0950. The molecule has 7 heteroatoms. The summed E-state index contributed by atoms with van der Waals surface area (Å²) in [4.78, 5) is 27.5. The van der Waals surface area contributed by atoms with Crippen molar-refractivity contribution in [1.82, 2.24) is 10.3 Å². The maximum Gasteiger partial charge on any atom is 0.411 e. The summed E-state index contributed by atoms with van der Waals surface area (Å²) >= 11 is 0. The molecule has 1 heterocycles. The number of carbonyl (C=O) groups excluding carboxylic acids is 2. The molecule has 0 spiro atoms. The maximum absolute atomic E-state index is 12.2. The Balaban J connectivity index is 1.97. The fourth-order valence-electron chi connectivity index (χ4n) is 2.08. The van der Waals surface area contributed by atoms with E-state index >= 15 is 0 Å². The van der Waals surface area contributed by atoms with E-state index in [-0.39, 0.29) is 5.91 Å². The van der Waals surface area contributed by atoms with Crippen molar-refractivity contribution < 1.29 is 14.3 Å². The van der Waals surface area contributed by atoms with Crippen LogP contribution in [0.2, 0.25) is 0 Å². The van der Waals surface area contributed by atoms with Crippen molar-refractivity contribution in [3.05, 3.63) is 53.9 Å². The van der Waals surface area contributed by atoms with Gasteiger partial charge in [0.25, 0.3) is 5.91 Å². The van der Waals surface area contributed by atoms with Gasteiger partial charge < -0.3 is 15.4 Å². The molecule has 0 radical (unpaired) electrons. The van der Waals surface area contributed by atoms with Gasteiger partial charge in [-0.25, -0.2) is 4.79 Å². The van der Waals surface area contributed by atoms with Crippen LogP contribution >= 0.6 is 0 Å². The number of hydrogen-bond donors (Lipinski definition) is 3. The van der Waals surface area contributed by atoms with Crippen molar-refractivity contribution in [2.45, 2.75) is 13.5 Å². The van der Waals surface area contributed by atoms with E-state index in [0.717, 1.165) is 17.8 Å². The number of nitrogens with one attached hydrogen (secondary N) is 3. The van der Waals surface area contributed by atoms with E-state index in [0.29, 0.717) is 17.8 Å². The molecule has 2 rings (SSSR count). The Hall–Kier alpha value is -3.09. The van der Waals surface area contributed by atoms with Gasteiger partial charge in [-0.05, 0) is 30.7 Å². The van der Waals surface area contributed by atoms with Crippen LogP contribution in [0.1, 0.15) is 22.8 Å². The zero-order valence-electron chi connectivity index (χ0n) is 13.6. The number of benzene rings is 1. The van der Waals surface area contributed by atoms with Crippen LogP contribution in [0.15, 0.2) is 42.7 Å². The lowest BCUT2D eigenvalue weighted by Gasteiger charge is -2.09. The Morgan fingerprint density at radius 2 is 2.00 bits per heavy atom. The Morgan fingerprint density at radius 3 is 2.75 bits per heavy atom. The van der Waals surface area contributed by atoms with E-state index < -0.39 is 6.09 Å². The van der Waals surface area contributed by atoms with Gasteiger partial charge in [0, 0.05) is 31.2 Å². The molecule has 0 aliphatic rings. The molecule has 2 aromatic rings. The molecule has 0 atom stereocenters. The standard InChI is InChI=1S/C17H20N4O3/c1-3-19-15-8-13(10-18-11-15)16(22)20-9-12-5-4-6-14(7-12)21-17(23)24-2/h4-8,10-11,19H,3,9H2,1-2H3,(H,20,22)(H,21,23). The second-order valence-corrected chi connectivity index (χ2v) is 4.99. The second kappa shape index (κ2) is 8.52. The molecular weight excluding hydrogens is 308 g/mol. The number of ether oxygens (including phenoxy) is 1. The Kier molecular flexibility index (Phi) is 6.13. The Labute approximate surface area is 140 Å². The molecule has 0 aliphatic heterocycles. The molecule has 1 aromatic heterocycles. The average molecular weight is 328 g/mol. The third-order valence-electron chi connectivity index (χ3n) is 3.19. The molecule has 126 valence electrons. The SMILES string of the molecule is CCNc1cncc(C(=O)NCc2cccc(NC(=O)OC)c2)c1. The van der Waals surface area contributed by atoms with Crippen LogP contribution in [0.5, 0.6) is 0 Å². The lowest BCUT2D eigenvalue weighted by Crippen LogP contribution is -2.23. The normalized spacial score (nSPS) is 9.92. The highest BCUT2D eigenvalue weighted by Crippen LogP contribution is 2.12. The molecule has 0 unspecified atom stereocenters. The van der Waals surface area contributed by atoms with Gasteiger partial charge in [-0.15, -0.1) is 0 Å². The molecule has 2 amide bonds. The van der Waals surface area contributed by atoms with Gasteiger partial charge in [-0.2, -0.15) is 0 Å². The van der Waals surface area contributed by atoms with Gasteiger partial charge in [-0.1, -0.05) is 12.1 Å². The molecule has 0 saturated carbocycles. The van der Waals surface area contributed by atoms with Crippen molar-refractivity contribution in [1.29, 1.82) is 0 Å². The fraction of sp³-hybridized carbons (Fsp3) is 0.235. The first-order valence-corrected chi connectivity index (χ1v) is 7.53. The molecule has 0 saturated heterocycles. The first-order chi connectivity index (χ1) is 11.6. The lowest BCUT2D eigenvalue weighted by atomic mass is 10.2. The molecule has 0 aliphatic carbocycles. The first kappa shape index (κ1) is 17.3. The number of carbonyl (C=O) groups is 2. The van der Waals surface area contributed by atoms with Crippen molar-refractivity contribution in [2.75, 3.05) is 24.3 Å². The van der Waals surface area contributed by atoms with E-state index in [1.807, 2.05) is 13.0 Å². The van der Waals surface area contributed by atoms with Crippen molar-refractivity contribution >= 4 is 23.4 Å². The van der Waals surface area contributed by atoms with Gasteiger partial charge in [-0.3, -0.25) is 15.1 Å². The third kappa shape index (κ3) is 4.98. The van der Waals surface area contributed by atoms with Gasteiger partial charge in [0.05, 0.1) is 18.4 Å². The quantitative estimate of drug-likeness (QED) is 0.758. The molecular formula is C17H20N4O3. The Bertz CT molecular complexity index is 718. The number of pyridine rings is 1. The predicted octanol–water partition coefficient (Wildman–Crippen LogP) is 2.62. The van der Waals surface area contributed by atoms with Crippen molar-refractivity contribution in [3.8, 4) is 0 Å². The van der Waals surface area contributed by atoms with Gasteiger partial charge >= 0.3 is 6.09 Å². The molecule has 7 nitrogen and oxygen atoms in total. The number of nitrogens with zero attached hydrogens (tertiary/aromatic N) is 1. The molecule has 0 bridgehead atoms. The number of rotatable bonds is 6. The zero-order chi connectivity index (χ0) is 17.4. The molecule has 0 fully saturated rings. The minimum Gasteiger partial charge on any atom is -0.453 e. The summed E-state index contributed by atoms with van der Waals surface area (Å²) in [6.07, 6.45) is 2.65. The topological polar surface area (TPSA) is 92.4 Å². The van der Waals surface area contributed by atoms with Crippen LogP contribution in [-0.4, -0.2) is 30.6 Å². The summed E-state index contributed by atoms with van der Waals surface area (Å²) in [7, 11) is 1.30. The first-order valence-electron chi connectivity index (χ1n) is 7.53. The van der Waals surface area contributed by atoms with Crippen LogP contribution in [0, 0.1) is 0 Å². The predicted molar refractivity (Wildman–Crippen MR) is 92.0 cm³/mol. The zero-order valence-corrected chi connectivity index (χ0v) is 13.6. The van der Waals surface area contributed by atoms with Gasteiger partial charge in [0.2, 0.25) is 0 Å². The average Bonchev–Trinajstić information content (AvgIpc) is 2.60. The van der Waals surface area contributed by atoms with Crippen LogP contribution in [0.25, 0.3) is 0 Å². The Morgan fingerprint density at radius 1 is 1.17 bits per heavy atom. The van der Waals surface area contributed by atoms with Crippen LogP contribution in [0.4, 0.5) is 16.2 Å². The summed E-state index contributed by atoms with van der Waals surface area (Å²) in [6.45, 7) is 3.07. The minimum atomic E-state index is -0.539. The highest BCUT2D eigenvalue weighted by atomic mass is 16.5. The van der Waals surface area contributed by atoms with Gasteiger partial charge in [0.1, 0.15) is 0 Å². The minimum absolute atomic E-state index is 0.214. The summed E-state index contributed by atoms with van der Waals surface area (Å²) in [5.74, 6) is -0.214. The summed E-state index contributed by atoms with van der Waals surface area (Å²) in [5, 5.41) is 8.52. The van der Waals surface area contributed by atoms with E-state index in [1.54, 1.807) is 30.5 Å². The summed E-state index contributed by atoms with van der Waals surface area (Å²) in [5.41, 5.74) is 2.74. The van der Waals surface area contributed by atoms with Crippen LogP contribution in [0.3, 0.4) is 0 Å². The third-order valence-corrected chi connectivity index (χ3v) is 3.19.